The van der Waals surface area contributed by atoms with Crippen LogP contribution >= 0.6 is 0 Å². The van der Waals surface area contributed by atoms with E-state index in [2.05, 4.69) is 22.0 Å². The topological polar surface area (TPSA) is 68.2 Å². The molecule has 0 aromatic carbocycles. The molecule has 0 radical (unpaired) electrons. The Morgan fingerprint density at radius 2 is 2.13 bits per heavy atom. The van der Waals surface area contributed by atoms with E-state index in [9.17, 15) is 0 Å². The van der Waals surface area contributed by atoms with E-state index in [4.69, 9.17) is 10.2 Å². The van der Waals surface area contributed by atoms with Crippen molar-refractivity contribution in [2.75, 3.05) is 13.1 Å². The van der Waals surface area contributed by atoms with Gasteiger partial charge in [-0.3, -0.25) is 4.90 Å². The van der Waals surface area contributed by atoms with E-state index in [0.717, 1.165) is 26.1 Å². The molecule has 5 heteroatoms. The van der Waals surface area contributed by atoms with Crippen LogP contribution < -0.4 is 5.73 Å². The molecule has 0 saturated carbocycles. The Hall–Kier alpha value is -0.940. The fourth-order valence-corrected chi connectivity index (χ4v) is 1.91. The summed E-state index contributed by atoms with van der Waals surface area (Å²) < 4.78 is 5.46. The largest absolute Gasteiger partial charge is 0.424 e. The van der Waals surface area contributed by atoms with Crippen LogP contribution in [0.15, 0.2) is 4.42 Å². The van der Waals surface area contributed by atoms with Crippen molar-refractivity contribution in [1.82, 2.24) is 15.1 Å². The first-order valence-electron chi connectivity index (χ1n) is 5.48. The Morgan fingerprint density at radius 1 is 1.40 bits per heavy atom. The Kier molecular flexibility index (Phi) is 3.02. The summed E-state index contributed by atoms with van der Waals surface area (Å²) in [5.74, 6) is 1.97. The van der Waals surface area contributed by atoms with Gasteiger partial charge < -0.3 is 10.2 Å². The summed E-state index contributed by atoms with van der Waals surface area (Å²) in [6.07, 6.45) is 0.795. The summed E-state index contributed by atoms with van der Waals surface area (Å²) in [6.45, 7) is 6.85. The van der Waals surface area contributed by atoms with Crippen LogP contribution in [0, 0.1) is 5.92 Å². The third-order valence-electron chi connectivity index (χ3n) is 2.92. The molecular formula is C10H18N4O. The van der Waals surface area contributed by atoms with E-state index in [0.29, 0.717) is 17.7 Å². The van der Waals surface area contributed by atoms with Gasteiger partial charge in [0.1, 0.15) is 0 Å². The number of hydrogen-bond donors (Lipinski definition) is 1. The molecule has 1 fully saturated rings. The number of hydrogen-bond acceptors (Lipinski definition) is 5. The smallest absolute Gasteiger partial charge is 0.230 e. The van der Waals surface area contributed by atoms with Gasteiger partial charge in [0.15, 0.2) is 0 Å². The first-order valence-corrected chi connectivity index (χ1v) is 5.48. The highest BCUT2D eigenvalue weighted by molar-refractivity contribution is 4.88. The average Bonchev–Trinajstić information content (AvgIpc) is 2.76. The van der Waals surface area contributed by atoms with Crippen molar-refractivity contribution in [3.05, 3.63) is 11.8 Å². The summed E-state index contributed by atoms with van der Waals surface area (Å²) in [4.78, 5) is 2.27. The van der Waals surface area contributed by atoms with Crippen LogP contribution in [0.4, 0.5) is 0 Å². The van der Waals surface area contributed by atoms with Gasteiger partial charge in [0.25, 0.3) is 0 Å². The van der Waals surface area contributed by atoms with Crippen LogP contribution in [-0.4, -0.2) is 34.2 Å². The average molecular weight is 210 g/mol. The maximum atomic E-state index is 5.95. The molecule has 1 saturated heterocycles. The second-order valence-electron chi connectivity index (χ2n) is 4.28. The molecule has 1 aliphatic rings. The predicted octanol–water partition coefficient (Wildman–Crippen LogP) is 0.411. The molecule has 0 spiro atoms. The molecule has 2 atom stereocenters. The summed E-state index contributed by atoms with van der Waals surface area (Å²) >= 11 is 0. The van der Waals surface area contributed by atoms with E-state index in [1.54, 1.807) is 0 Å². The molecular weight excluding hydrogens is 192 g/mol. The summed E-state index contributed by atoms with van der Waals surface area (Å²) in [7, 11) is 0. The minimum absolute atomic E-state index is 0.276. The zero-order valence-electron chi connectivity index (χ0n) is 9.31. The molecule has 0 aliphatic carbocycles. The third kappa shape index (κ3) is 2.35. The molecule has 1 aliphatic heterocycles. The molecule has 15 heavy (non-hydrogen) atoms. The predicted molar refractivity (Wildman–Crippen MR) is 56.1 cm³/mol. The summed E-state index contributed by atoms with van der Waals surface area (Å²) in [5, 5.41) is 7.94. The van der Waals surface area contributed by atoms with Crippen LogP contribution in [-0.2, 0) is 13.0 Å². The molecule has 84 valence electrons. The monoisotopic (exact) mass is 210 g/mol. The molecule has 1 aromatic rings. The molecule has 0 amide bonds. The van der Waals surface area contributed by atoms with E-state index in [1.165, 1.54) is 0 Å². The van der Waals surface area contributed by atoms with E-state index in [-0.39, 0.29) is 6.04 Å². The molecule has 1 aromatic heterocycles. The van der Waals surface area contributed by atoms with E-state index >= 15 is 0 Å². The van der Waals surface area contributed by atoms with Gasteiger partial charge in [-0.15, -0.1) is 10.2 Å². The molecule has 2 heterocycles. The van der Waals surface area contributed by atoms with Crippen molar-refractivity contribution in [3.8, 4) is 0 Å². The van der Waals surface area contributed by atoms with Gasteiger partial charge in [-0.2, -0.15) is 0 Å². The minimum Gasteiger partial charge on any atom is -0.424 e. The number of aromatic nitrogens is 2. The number of rotatable bonds is 3. The highest BCUT2D eigenvalue weighted by Gasteiger charge is 2.27. The Labute approximate surface area is 89.6 Å². The van der Waals surface area contributed by atoms with Gasteiger partial charge in [-0.05, 0) is 5.92 Å². The first-order chi connectivity index (χ1) is 7.19. The van der Waals surface area contributed by atoms with Crippen LogP contribution in [0.25, 0.3) is 0 Å². The van der Waals surface area contributed by atoms with Crippen LogP contribution in [0.3, 0.4) is 0 Å². The number of nitrogens with zero attached hydrogens (tertiary/aromatic N) is 3. The van der Waals surface area contributed by atoms with Gasteiger partial charge >= 0.3 is 0 Å². The molecule has 5 nitrogen and oxygen atoms in total. The summed E-state index contributed by atoms with van der Waals surface area (Å²) in [5.41, 5.74) is 5.95. The molecule has 2 N–H and O–H groups in total. The Bertz CT molecular complexity index is 315. The maximum Gasteiger partial charge on any atom is 0.230 e. The third-order valence-corrected chi connectivity index (χ3v) is 2.92. The van der Waals surface area contributed by atoms with Crippen LogP contribution in [0.1, 0.15) is 25.6 Å². The van der Waals surface area contributed by atoms with Crippen molar-refractivity contribution in [2.45, 2.75) is 32.9 Å². The zero-order valence-corrected chi connectivity index (χ0v) is 9.31. The van der Waals surface area contributed by atoms with E-state index in [1.807, 2.05) is 6.92 Å². The quantitative estimate of drug-likeness (QED) is 0.782. The number of aryl methyl sites for hydroxylation is 1. The second-order valence-corrected chi connectivity index (χ2v) is 4.28. The van der Waals surface area contributed by atoms with Crippen molar-refractivity contribution >= 4 is 0 Å². The van der Waals surface area contributed by atoms with Crippen molar-refractivity contribution in [1.29, 1.82) is 0 Å². The highest BCUT2D eigenvalue weighted by atomic mass is 16.4. The SMILES string of the molecule is CCc1nnc(CN2CC(C)C(N)C2)o1. The van der Waals surface area contributed by atoms with Crippen molar-refractivity contribution in [3.63, 3.8) is 0 Å². The maximum absolute atomic E-state index is 5.95. The fraction of sp³-hybridized carbons (Fsp3) is 0.800. The van der Waals surface area contributed by atoms with E-state index < -0.39 is 0 Å². The zero-order chi connectivity index (χ0) is 10.8. The molecule has 0 bridgehead atoms. The van der Waals surface area contributed by atoms with Crippen LogP contribution in [0.2, 0.25) is 0 Å². The lowest BCUT2D eigenvalue weighted by Crippen LogP contribution is -2.28. The lowest BCUT2D eigenvalue weighted by Gasteiger charge is -2.11. The minimum atomic E-state index is 0.276. The van der Waals surface area contributed by atoms with Gasteiger partial charge in [0.2, 0.25) is 11.8 Å². The Balaban J connectivity index is 1.92. The molecule has 2 unspecified atom stereocenters. The molecule has 2 rings (SSSR count). The second kappa shape index (κ2) is 4.28. The highest BCUT2D eigenvalue weighted by Crippen LogP contribution is 2.16. The fourth-order valence-electron chi connectivity index (χ4n) is 1.91. The first kappa shape index (κ1) is 10.6. The van der Waals surface area contributed by atoms with Gasteiger partial charge in [-0.25, -0.2) is 0 Å². The normalized spacial score (nSPS) is 27.4. The lowest BCUT2D eigenvalue weighted by molar-refractivity contribution is 0.278. The van der Waals surface area contributed by atoms with Crippen molar-refractivity contribution in [2.24, 2.45) is 11.7 Å². The van der Waals surface area contributed by atoms with Gasteiger partial charge in [0, 0.05) is 25.6 Å². The van der Waals surface area contributed by atoms with Gasteiger partial charge in [0.05, 0.1) is 6.54 Å². The van der Waals surface area contributed by atoms with Crippen LogP contribution in [0.5, 0.6) is 0 Å². The lowest BCUT2D eigenvalue weighted by atomic mass is 10.1. The number of likely N-dealkylation sites (tertiary alicyclic amines) is 1. The summed E-state index contributed by atoms with van der Waals surface area (Å²) in [6, 6.07) is 0.276. The standard InChI is InChI=1S/C10H18N4O/c1-3-9-12-13-10(15-9)6-14-4-7(2)8(11)5-14/h7-8H,3-6,11H2,1-2H3. The Morgan fingerprint density at radius 3 is 2.67 bits per heavy atom. The van der Waals surface area contributed by atoms with Gasteiger partial charge in [-0.1, -0.05) is 13.8 Å². The number of nitrogens with two attached hydrogens (primary N) is 1. The van der Waals surface area contributed by atoms with Crippen molar-refractivity contribution < 1.29 is 4.42 Å².